The van der Waals surface area contributed by atoms with Crippen LogP contribution in [0.25, 0.3) is 11.1 Å². The molecule has 9 nitrogen and oxygen atoms in total. The molecule has 2 fully saturated rings. The standard InChI is InChI=1S/C28H25N3O6/c1-16-2-8-20(29-27(34)28(10-11-28)19-7-9-23-24(12-19)36-15-35-23)13-21(16)17-3-5-18(6-4-17)25(32)30-22-14-37-31-26(22)33/h2-9,12-13,22H,10-11,14-15H2,1H3,(H,29,34)(H,30,32)(H,31,33)/t22-/m1/s1. The van der Waals surface area contributed by atoms with Crippen molar-refractivity contribution >= 4 is 23.4 Å². The summed E-state index contributed by atoms with van der Waals surface area (Å²) in [6.45, 7) is 2.29. The van der Waals surface area contributed by atoms with Gasteiger partial charge >= 0.3 is 0 Å². The number of hydrogen-bond acceptors (Lipinski definition) is 6. The van der Waals surface area contributed by atoms with Crippen LogP contribution < -0.4 is 25.6 Å². The summed E-state index contributed by atoms with van der Waals surface area (Å²) >= 11 is 0. The maximum Gasteiger partial charge on any atom is 0.268 e. The van der Waals surface area contributed by atoms with E-state index in [1.54, 1.807) is 12.1 Å². The molecule has 0 radical (unpaired) electrons. The van der Waals surface area contributed by atoms with Gasteiger partial charge in [0, 0.05) is 11.3 Å². The summed E-state index contributed by atoms with van der Waals surface area (Å²) in [6, 6.07) is 17.9. The van der Waals surface area contributed by atoms with Crippen LogP contribution in [0.4, 0.5) is 5.69 Å². The summed E-state index contributed by atoms with van der Waals surface area (Å²) in [5.74, 6) is 0.600. The Kier molecular flexibility index (Phi) is 5.57. The van der Waals surface area contributed by atoms with Crippen molar-refractivity contribution in [3.63, 3.8) is 0 Å². The van der Waals surface area contributed by atoms with Crippen LogP contribution in [0.1, 0.15) is 34.3 Å². The van der Waals surface area contributed by atoms with Gasteiger partial charge in [-0.25, -0.2) is 5.48 Å². The minimum absolute atomic E-state index is 0.0480. The molecule has 2 aliphatic heterocycles. The van der Waals surface area contributed by atoms with Gasteiger partial charge in [-0.3, -0.25) is 19.2 Å². The third kappa shape index (κ3) is 4.27. The highest BCUT2D eigenvalue weighted by Gasteiger charge is 2.51. The molecule has 3 amide bonds. The number of rotatable bonds is 6. The number of nitrogens with one attached hydrogen (secondary N) is 3. The van der Waals surface area contributed by atoms with Gasteiger partial charge in [0.25, 0.3) is 11.8 Å². The first kappa shape index (κ1) is 23.1. The van der Waals surface area contributed by atoms with Crippen molar-refractivity contribution in [1.82, 2.24) is 10.8 Å². The predicted octanol–water partition coefficient (Wildman–Crippen LogP) is 3.22. The number of aryl methyl sites for hydroxylation is 1. The molecule has 0 spiro atoms. The van der Waals surface area contributed by atoms with Gasteiger partial charge in [-0.15, -0.1) is 0 Å². The lowest BCUT2D eigenvalue weighted by Crippen LogP contribution is -2.41. The summed E-state index contributed by atoms with van der Waals surface area (Å²) in [7, 11) is 0. The molecule has 6 rings (SSSR count). The maximum atomic E-state index is 13.3. The lowest BCUT2D eigenvalue weighted by molar-refractivity contribution is -0.125. The van der Waals surface area contributed by atoms with Crippen LogP contribution in [0.2, 0.25) is 0 Å². The van der Waals surface area contributed by atoms with Gasteiger partial charge in [0.15, 0.2) is 11.5 Å². The minimum atomic E-state index is -0.706. The Labute approximate surface area is 213 Å². The normalized spacial score (nSPS) is 18.7. The van der Waals surface area contributed by atoms with Crippen LogP contribution in [0.3, 0.4) is 0 Å². The van der Waals surface area contributed by atoms with E-state index < -0.39 is 11.5 Å². The average molecular weight is 500 g/mol. The molecule has 37 heavy (non-hydrogen) atoms. The molecule has 3 aromatic carbocycles. The van der Waals surface area contributed by atoms with Crippen molar-refractivity contribution in [3.05, 3.63) is 77.4 Å². The first-order valence-corrected chi connectivity index (χ1v) is 12.1. The molecule has 3 N–H and O–H groups in total. The number of anilines is 1. The van der Waals surface area contributed by atoms with E-state index in [9.17, 15) is 14.4 Å². The van der Waals surface area contributed by atoms with E-state index in [0.717, 1.165) is 35.1 Å². The highest BCUT2D eigenvalue weighted by Crippen LogP contribution is 2.51. The number of fused-ring (bicyclic) bond motifs is 1. The smallest absolute Gasteiger partial charge is 0.268 e. The maximum absolute atomic E-state index is 13.3. The van der Waals surface area contributed by atoms with Gasteiger partial charge in [-0.05, 0) is 78.4 Å². The van der Waals surface area contributed by atoms with Gasteiger partial charge < -0.3 is 20.1 Å². The Morgan fingerprint density at radius 2 is 1.76 bits per heavy atom. The van der Waals surface area contributed by atoms with Crippen molar-refractivity contribution in [1.29, 1.82) is 0 Å². The zero-order valence-electron chi connectivity index (χ0n) is 20.1. The number of carbonyl (C=O) groups is 3. The minimum Gasteiger partial charge on any atom is -0.454 e. The fraction of sp³-hybridized carbons (Fsp3) is 0.250. The van der Waals surface area contributed by atoms with Gasteiger partial charge in [0.2, 0.25) is 12.7 Å². The lowest BCUT2D eigenvalue weighted by Gasteiger charge is -2.17. The number of amides is 3. The van der Waals surface area contributed by atoms with Crippen LogP contribution in [0.15, 0.2) is 60.7 Å². The molecule has 1 saturated carbocycles. The number of benzene rings is 3. The first-order valence-electron chi connectivity index (χ1n) is 12.1. The monoisotopic (exact) mass is 499 g/mol. The van der Waals surface area contributed by atoms with E-state index >= 15 is 0 Å². The molecular formula is C28H25N3O6. The van der Waals surface area contributed by atoms with E-state index in [1.165, 1.54) is 0 Å². The third-order valence-electron chi connectivity index (χ3n) is 7.11. The molecule has 9 heteroatoms. The Morgan fingerprint density at radius 1 is 0.973 bits per heavy atom. The zero-order chi connectivity index (χ0) is 25.6. The number of hydroxylamine groups is 1. The van der Waals surface area contributed by atoms with Gasteiger partial charge in [-0.1, -0.05) is 24.3 Å². The second-order valence-electron chi connectivity index (χ2n) is 9.51. The summed E-state index contributed by atoms with van der Waals surface area (Å²) < 4.78 is 10.9. The van der Waals surface area contributed by atoms with Gasteiger partial charge in [0.05, 0.1) is 5.41 Å². The topological polar surface area (TPSA) is 115 Å². The zero-order valence-corrected chi connectivity index (χ0v) is 20.1. The summed E-state index contributed by atoms with van der Waals surface area (Å²) in [6.07, 6.45) is 1.55. The molecule has 0 aromatic heterocycles. The fourth-order valence-electron chi connectivity index (χ4n) is 4.72. The average Bonchev–Trinajstić information content (AvgIpc) is 3.43. The Bertz CT molecular complexity index is 1410. The van der Waals surface area contributed by atoms with Crippen molar-refractivity contribution in [2.45, 2.75) is 31.2 Å². The fourth-order valence-corrected chi connectivity index (χ4v) is 4.72. The summed E-state index contributed by atoms with van der Waals surface area (Å²) in [5.41, 5.74) is 6.60. The van der Waals surface area contributed by atoms with E-state index in [2.05, 4.69) is 16.1 Å². The molecule has 3 aliphatic rings. The molecule has 1 saturated heterocycles. The molecule has 0 unspecified atom stereocenters. The van der Waals surface area contributed by atoms with E-state index in [-0.39, 0.29) is 31.1 Å². The number of hydrogen-bond donors (Lipinski definition) is 3. The molecule has 188 valence electrons. The lowest BCUT2D eigenvalue weighted by atomic mass is 9.94. The van der Waals surface area contributed by atoms with Crippen molar-refractivity contribution < 1.29 is 28.7 Å². The second kappa shape index (κ2) is 8.94. The first-order chi connectivity index (χ1) is 17.9. The Morgan fingerprint density at radius 3 is 2.49 bits per heavy atom. The quantitative estimate of drug-likeness (QED) is 0.480. The largest absolute Gasteiger partial charge is 0.454 e. The molecule has 1 aliphatic carbocycles. The van der Waals surface area contributed by atoms with Gasteiger partial charge in [-0.2, -0.15) is 0 Å². The van der Waals surface area contributed by atoms with Crippen molar-refractivity contribution in [2.24, 2.45) is 0 Å². The van der Waals surface area contributed by atoms with E-state index in [1.807, 2.05) is 55.5 Å². The Hall–Kier alpha value is -4.37. The molecular weight excluding hydrogens is 474 g/mol. The summed E-state index contributed by atoms with van der Waals surface area (Å²) in [4.78, 5) is 42.3. The van der Waals surface area contributed by atoms with E-state index in [0.29, 0.717) is 22.7 Å². The number of carbonyl (C=O) groups excluding carboxylic acids is 3. The van der Waals surface area contributed by atoms with Crippen LogP contribution in [-0.2, 0) is 19.8 Å². The van der Waals surface area contributed by atoms with Crippen molar-refractivity contribution in [3.8, 4) is 22.6 Å². The number of ether oxygens (including phenoxy) is 2. The molecule has 1 atom stereocenters. The van der Waals surface area contributed by atoms with E-state index in [4.69, 9.17) is 14.3 Å². The van der Waals surface area contributed by atoms with Crippen LogP contribution in [-0.4, -0.2) is 37.2 Å². The predicted molar refractivity (Wildman–Crippen MR) is 134 cm³/mol. The van der Waals surface area contributed by atoms with Crippen LogP contribution in [0.5, 0.6) is 11.5 Å². The Balaban J connectivity index is 1.18. The summed E-state index contributed by atoms with van der Waals surface area (Å²) in [5, 5.41) is 5.75. The van der Waals surface area contributed by atoms with Crippen LogP contribution in [0, 0.1) is 6.92 Å². The highest BCUT2D eigenvalue weighted by atomic mass is 16.7. The van der Waals surface area contributed by atoms with Crippen LogP contribution >= 0.6 is 0 Å². The third-order valence-corrected chi connectivity index (χ3v) is 7.11. The van der Waals surface area contributed by atoms with Gasteiger partial charge in [0.1, 0.15) is 12.6 Å². The van der Waals surface area contributed by atoms with Crippen molar-refractivity contribution in [2.75, 3.05) is 18.7 Å². The SMILES string of the molecule is Cc1ccc(NC(=O)C2(c3ccc4c(c3)OCO4)CC2)cc1-c1ccc(C(=O)N[C@@H]2CONC2=O)cc1. The highest BCUT2D eigenvalue weighted by molar-refractivity contribution is 6.02. The second-order valence-corrected chi connectivity index (χ2v) is 9.51. The molecule has 0 bridgehead atoms. The molecule has 3 aromatic rings. The molecule has 2 heterocycles.